The van der Waals surface area contributed by atoms with Crippen LogP contribution in [0.5, 0.6) is 0 Å². The van der Waals surface area contributed by atoms with Crippen molar-refractivity contribution in [1.29, 1.82) is 0 Å². The molecule has 3 heteroatoms. The van der Waals surface area contributed by atoms with Gasteiger partial charge in [-0.05, 0) is 32.9 Å². The maximum atomic E-state index is 8.43. The number of oxime groups is 1. The Balaban J connectivity index is 2.24. The zero-order valence-corrected chi connectivity index (χ0v) is 7.08. The number of hydrogen-bond acceptors (Lipinski definition) is 3. The molecule has 0 radical (unpaired) electrons. The van der Waals surface area contributed by atoms with Crippen molar-refractivity contribution in [3.05, 3.63) is 0 Å². The minimum absolute atomic E-state index is 0.812. The molecular formula is C8H16N2O. The highest BCUT2D eigenvalue weighted by atomic mass is 16.4. The fourth-order valence-electron chi connectivity index (χ4n) is 1.47. The van der Waals surface area contributed by atoms with E-state index in [9.17, 15) is 0 Å². The Bertz CT molecular complexity index is 139. The highest BCUT2D eigenvalue weighted by Crippen LogP contribution is 2.07. The maximum absolute atomic E-state index is 8.43. The van der Waals surface area contributed by atoms with E-state index < -0.39 is 0 Å². The van der Waals surface area contributed by atoms with Crippen LogP contribution in [-0.4, -0.2) is 35.5 Å². The van der Waals surface area contributed by atoms with Crippen LogP contribution in [0.2, 0.25) is 0 Å². The Morgan fingerprint density at radius 1 is 1.36 bits per heavy atom. The molecule has 1 aliphatic rings. The first-order chi connectivity index (χ1) is 5.33. The first-order valence-electron chi connectivity index (χ1n) is 4.23. The van der Waals surface area contributed by atoms with Crippen LogP contribution < -0.4 is 0 Å². The third-order valence-corrected chi connectivity index (χ3v) is 2.07. The summed E-state index contributed by atoms with van der Waals surface area (Å²) in [6.45, 7) is 5.00. The van der Waals surface area contributed by atoms with E-state index in [0.29, 0.717) is 0 Å². The molecule has 1 heterocycles. The van der Waals surface area contributed by atoms with E-state index in [1.165, 1.54) is 19.3 Å². The van der Waals surface area contributed by atoms with Gasteiger partial charge in [-0.1, -0.05) is 11.6 Å². The molecule has 1 fully saturated rings. The van der Waals surface area contributed by atoms with Gasteiger partial charge in [-0.25, -0.2) is 0 Å². The molecule has 0 aromatic rings. The van der Waals surface area contributed by atoms with E-state index in [0.717, 1.165) is 25.3 Å². The Morgan fingerprint density at radius 2 is 2.00 bits per heavy atom. The summed E-state index contributed by atoms with van der Waals surface area (Å²) < 4.78 is 0. The fourth-order valence-corrected chi connectivity index (χ4v) is 1.47. The van der Waals surface area contributed by atoms with Gasteiger partial charge in [0.15, 0.2) is 0 Å². The summed E-state index contributed by atoms with van der Waals surface area (Å²) in [5.41, 5.74) is 0.812. The largest absolute Gasteiger partial charge is 0.411 e. The number of rotatable bonds is 2. The Labute approximate surface area is 67.7 Å². The molecule has 64 valence electrons. The van der Waals surface area contributed by atoms with Gasteiger partial charge >= 0.3 is 0 Å². The predicted octanol–water partition coefficient (Wildman–Crippen LogP) is 1.32. The van der Waals surface area contributed by atoms with E-state index in [1.54, 1.807) is 0 Å². The molecule has 1 aliphatic heterocycles. The number of piperidine rings is 1. The molecule has 0 aromatic carbocycles. The maximum Gasteiger partial charge on any atom is 0.0679 e. The monoisotopic (exact) mass is 156 g/mol. The van der Waals surface area contributed by atoms with E-state index in [4.69, 9.17) is 5.21 Å². The Morgan fingerprint density at radius 3 is 2.55 bits per heavy atom. The van der Waals surface area contributed by atoms with Crippen LogP contribution in [0.15, 0.2) is 5.16 Å². The first kappa shape index (κ1) is 8.53. The van der Waals surface area contributed by atoms with Crippen molar-refractivity contribution in [2.24, 2.45) is 5.16 Å². The standard InChI is InChI=1S/C8H16N2O/c1-8(9-11)7-10-5-3-2-4-6-10/h11H,2-7H2,1H3/b9-8+. The minimum atomic E-state index is 0.812. The van der Waals surface area contributed by atoms with E-state index in [-0.39, 0.29) is 0 Å². The van der Waals surface area contributed by atoms with Gasteiger partial charge in [-0.15, -0.1) is 0 Å². The van der Waals surface area contributed by atoms with Crippen molar-refractivity contribution in [1.82, 2.24) is 4.90 Å². The summed E-state index contributed by atoms with van der Waals surface area (Å²) in [5, 5.41) is 11.6. The van der Waals surface area contributed by atoms with Crippen molar-refractivity contribution in [2.45, 2.75) is 26.2 Å². The normalized spacial score (nSPS) is 22.1. The fraction of sp³-hybridized carbons (Fsp3) is 0.875. The molecule has 0 bridgehead atoms. The van der Waals surface area contributed by atoms with E-state index in [2.05, 4.69) is 10.1 Å². The van der Waals surface area contributed by atoms with Crippen molar-refractivity contribution in [3.8, 4) is 0 Å². The molecule has 0 atom stereocenters. The summed E-state index contributed by atoms with van der Waals surface area (Å²) in [7, 11) is 0. The molecule has 0 unspecified atom stereocenters. The van der Waals surface area contributed by atoms with Gasteiger partial charge in [0, 0.05) is 6.54 Å². The summed E-state index contributed by atoms with van der Waals surface area (Å²) in [6, 6.07) is 0. The third kappa shape index (κ3) is 2.89. The highest BCUT2D eigenvalue weighted by molar-refractivity contribution is 5.83. The van der Waals surface area contributed by atoms with E-state index in [1.807, 2.05) is 6.92 Å². The predicted molar refractivity (Wildman–Crippen MR) is 45.2 cm³/mol. The molecular weight excluding hydrogens is 140 g/mol. The van der Waals surface area contributed by atoms with Gasteiger partial charge in [-0.2, -0.15) is 0 Å². The van der Waals surface area contributed by atoms with Gasteiger partial charge in [0.1, 0.15) is 0 Å². The van der Waals surface area contributed by atoms with Gasteiger partial charge < -0.3 is 5.21 Å². The molecule has 0 spiro atoms. The van der Waals surface area contributed by atoms with Gasteiger partial charge in [0.25, 0.3) is 0 Å². The molecule has 0 saturated carbocycles. The van der Waals surface area contributed by atoms with Crippen LogP contribution in [0.1, 0.15) is 26.2 Å². The lowest BCUT2D eigenvalue weighted by molar-refractivity contribution is 0.252. The number of hydrogen-bond donors (Lipinski definition) is 1. The summed E-state index contributed by atoms with van der Waals surface area (Å²) in [6.07, 6.45) is 3.93. The quantitative estimate of drug-likeness (QED) is 0.372. The van der Waals surface area contributed by atoms with Gasteiger partial charge in [-0.3, -0.25) is 4.90 Å². The van der Waals surface area contributed by atoms with Crippen LogP contribution in [0.4, 0.5) is 0 Å². The minimum Gasteiger partial charge on any atom is -0.411 e. The molecule has 1 rings (SSSR count). The van der Waals surface area contributed by atoms with Crippen LogP contribution in [0.3, 0.4) is 0 Å². The zero-order chi connectivity index (χ0) is 8.10. The van der Waals surface area contributed by atoms with Gasteiger partial charge in [0.2, 0.25) is 0 Å². The third-order valence-electron chi connectivity index (χ3n) is 2.07. The topological polar surface area (TPSA) is 35.8 Å². The molecule has 0 aliphatic carbocycles. The molecule has 1 saturated heterocycles. The molecule has 1 N–H and O–H groups in total. The summed E-state index contributed by atoms with van der Waals surface area (Å²) >= 11 is 0. The molecule has 0 amide bonds. The lowest BCUT2D eigenvalue weighted by Crippen LogP contribution is -2.33. The van der Waals surface area contributed by atoms with Crippen LogP contribution in [-0.2, 0) is 0 Å². The van der Waals surface area contributed by atoms with Crippen molar-refractivity contribution in [2.75, 3.05) is 19.6 Å². The van der Waals surface area contributed by atoms with Crippen molar-refractivity contribution >= 4 is 5.71 Å². The number of nitrogens with zero attached hydrogens (tertiary/aromatic N) is 2. The summed E-state index contributed by atoms with van der Waals surface area (Å²) in [4.78, 5) is 2.33. The lowest BCUT2D eigenvalue weighted by Gasteiger charge is -2.25. The highest BCUT2D eigenvalue weighted by Gasteiger charge is 2.10. The number of likely N-dealkylation sites (tertiary alicyclic amines) is 1. The lowest BCUT2D eigenvalue weighted by atomic mass is 10.1. The second-order valence-electron chi connectivity index (χ2n) is 3.17. The molecule has 11 heavy (non-hydrogen) atoms. The molecule has 0 aromatic heterocycles. The van der Waals surface area contributed by atoms with Crippen LogP contribution in [0.25, 0.3) is 0 Å². The van der Waals surface area contributed by atoms with Crippen molar-refractivity contribution in [3.63, 3.8) is 0 Å². The first-order valence-corrected chi connectivity index (χ1v) is 4.23. The second kappa shape index (κ2) is 4.34. The van der Waals surface area contributed by atoms with Crippen LogP contribution in [0, 0.1) is 0 Å². The average Bonchev–Trinajstić information content (AvgIpc) is 2.06. The van der Waals surface area contributed by atoms with Crippen molar-refractivity contribution < 1.29 is 5.21 Å². The summed E-state index contributed by atoms with van der Waals surface area (Å²) in [5.74, 6) is 0. The Hall–Kier alpha value is -0.570. The molecule has 3 nitrogen and oxygen atoms in total. The van der Waals surface area contributed by atoms with Gasteiger partial charge in [0.05, 0.1) is 5.71 Å². The second-order valence-corrected chi connectivity index (χ2v) is 3.17. The van der Waals surface area contributed by atoms with Crippen LogP contribution >= 0.6 is 0 Å². The SMILES string of the molecule is C/C(CN1CCCCC1)=N\O. The smallest absolute Gasteiger partial charge is 0.0679 e. The Kier molecular flexibility index (Phi) is 3.36. The van der Waals surface area contributed by atoms with E-state index >= 15 is 0 Å². The zero-order valence-electron chi connectivity index (χ0n) is 7.08. The average molecular weight is 156 g/mol.